The summed E-state index contributed by atoms with van der Waals surface area (Å²) in [5.41, 5.74) is 1.15. The number of hydrogen-bond acceptors (Lipinski definition) is 6. The smallest absolute Gasteiger partial charge is 0.159 e. The summed E-state index contributed by atoms with van der Waals surface area (Å²) in [6.45, 7) is 3.45. The molecule has 1 aromatic rings. The van der Waals surface area contributed by atoms with Gasteiger partial charge in [0.05, 0.1) is 17.7 Å². The molecule has 126 valence electrons. The molecule has 0 radical (unpaired) electrons. The Labute approximate surface area is 145 Å². The summed E-state index contributed by atoms with van der Waals surface area (Å²) in [7, 11) is 0. The van der Waals surface area contributed by atoms with E-state index in [1.165, 1.54) is 23.9 Å². The molecule has 1 fully saturated rings. The Morgan fingerprint density at radius 2 is 2.08 bits per heavy atom. The lowest BCUT2D eigenvalue weighted by Gasteiger charge is -2.33. The summed E-state index contributed by atoms with van der Waals surface area (Å²) in [5.74, 6) is -0.232. The lowest BCUT2D eigenvalue weighted by atomic mass is 10.2. The van der Waals surface area contributed by atoms with Crippen LogP contribution in [-0.4, -0.2) is 43.5 Å². The Morgan fingerprint density at radius 1 is 1.38 bits per heavy atom. The minimum atomic E-state index is -0.232. The third-order valence-electron chi connectivity index (χ3n) is 3.69. The molecule has 1 N–H and O–H groups in total. The van der Waals surface area contributed by atoms with Crippen molar-refractivity contribution in [1.82, 2.24) is 10.2 Å². The lowest BCUT2D eigenvalue weighted by Crippen LogP contribution is -2.46. The van der Waals surface area contributed by atoms with Crippen LogP contribution in [-0.2, 0) is 11.3 Å². The average Bonchev–Trinajstić information content (AvgIpc) is 2.61. The SMILES string of the molecule is CSC(NCC1CN(Cc2ccc(F)cc2)CCO1)=C(C#N)C#N. The van der Waals surface area contributed by atoms with E-state index in [9.17, 15) is 4.39 Å². The fourth-order valence-corrected chi connectivity index (χ4v) is 3.01. The van der Waals surface area contributed by atoms with Crippen molar-refractivity contribution < 1.29 is 9.13 Å². The maximum Gasteiger partial charge on any atom is 0.159 e. The Bertz CT molecular complexity index is 647. The van der Waals surface area contributed by atoms with Crippen molar-refractivity contribution in [3.8, 4) is 12.1 Å². The van der Waals surface area contributed by atoms with Crippen molar-refractivity contribution in [2.45, 2.75) is 12.6 Å². The van der Waals surface area contributed by atoms with Gasteiger partial charge in [-0.2, -0.15) is 10.5 Å². The van der Waals surface area contributed by atoms with Gasteiger partial charge in [0, 0.05) is 26.2 Å². The number of ether oxygens (including phenoxy) is 1. The number of nitrogens with zero attached hydrogens (tertiary/aromatic N) is 3. The van der Waals surface area contributed by atoms with E-state index in [0.717, 1.165) is 25.2 Å². The molecule has 0 aromatic heterocycles. The molecular formula is C17H19FN4OS. The third-order valence-corrected chi connectivity index (χ3v) is 4.44. The summed E-state index contributed by atoms with van der Waals surface area (Å²) in [4.78, 5) is 2.25. The number of allylic oxidation sites excluding steroid dienone is 1. The van der Waals surface area contributed by atoms with Crippen LogP contribution in [0.25, 0.3) is 0 Å². The highest BCUT2D eigenvalue weighted by Crippen LogP contribution is 2.15. The van der Waals surface area contributed by atoms with Crippen LogP contribution in [0.2, 0.25) is 0 Å². The minimum Gasteiger partial charge on any atom is -0.376 e. The van der Waals surface area contributed by atoms with E-state index in [0.29, 0.717) is 18.2 Å². The minimum absolute atomic E-state index is 0.0278. The number of hydrogen-bond donors (Lipinski definition) is 1. The van der Waals surface area contributed by atoms with Crippen molar-refractivity contribution >= 4 is 11.8 Å². The van der Waals surface area contributed by atoms with E-state index in [2.05, 4.69) is 10.2 Å². The normalized spacial score (nSPS) is 17.6. The second kappa shape index (κ2) is 9.29. The summed E-state index contributed by atoms with van der Waals surface area (Å²) < 4.78 is 18.7. The predicted octanol–water partition coefficient (Wildman–Crippen LogP) is 2.24. The average molecular weight is 346 g/mol. The number of nitrogens with one attached hydrogen (secondary N) is 1. The van der Waals surface area contributed by atoms with Crippen LogP contribution in [0, 0.1) is 28.5 Å². The van der Waals surface area contributed by atoms with Gasteiger partial charge in [0.1, 0.15) is 18.0 Å². The molecule has 1 aromatic carbocycles. The third kappa shape index (κ3) is 5.24. The highest BCUT2D eigenvalue weighted by molar-refractivity contribution is 8.02. The fraction of sp³-hybridized carbons (Fsp3) is 0.412. The second-order valence-corrected chi connectivity index (χ2v) is 6.18. The highest BCUT2D eigenvalue weighted by Gasteiger charge is 2.21. The first-order valence-corrected chi connectivity index (χ1v) is 8.79. The molecule has 0 saturated carbocycles. The maximum atomic E-state index is 13.0. The van der Waals surface area contributed by atoms with Crippen LogP contribution in [0.4, 0.5) is 4.39 Å². The molecule has 1 aliphatic heterocycles. The molecule has 7 heteroatoms. The zero-order chi connectivity index (χ0) is 17.4. The summed E-state index contributed by atoms with van der Waals surface area (Å²) >= 11 is 1.34. The Balaban J connectivity index is 1.89. The van der Waals surface area contributed by atoms with E-state index < -0.39 is 0 Å². The van der Waals surface area contributed by atoms with Gasteiger partial charge in [-0.25, -0.2) is 4.39 Å². The van der Waals surface area contributed by atoms with Crippen LogP contribution >= 0.6 is 11.8 Å². The van der Waals surface area contributed by atoms with Gasteiger partial charge in [0.25, 0.3) is 0 Å². The molecule has 0 spiro atoms. The van der Waals surface area contributed by atoms with E-state index >= 15 is 0 Å². The van der Waals surface area contributed by atoms with E-state index in [-0.39, 0.29) is 17.5 Å². The zero-order valence-electron chi connectivity index (χ0n) is 13.5. The quantitative estimate of drug-likeness (QED) is 0.797. The van der Waals surface area contributed by atoms with Gasteiger partial charge in [-0.1, -0.05) is 12.1 Å². The molecule has 1 heterocycles. The molecule has 0 aliphatic carbocycles. The molecule has 5 nitrogen and oxygen atoms in total. The fourth-order valence-electron chi connectivity index (χ4n) is 2.49. The molecule has 2 rings (SSSR count). The van der Waals surface area contributed by atoms with Gasteiger partial charge < -0.3 is 10.1 Å². The van der Waals surface area contributed by atoms with Crippen molar-refractivity contribution in [3.05, 3.63) is 46.2 Å². The summed E-state index contributed by atoms with van der Waals surface area (Å²) in [5, 5.41) is 21.6. The van der Waals surface area contributed by atoms with Gasteiger partial charge in [0.2, 0.25) is 0 Å². The molecule has 0 amide bonds. The van der Waals surface area contributed by atoms with E-state index in [4.69, 9.17) is 15.3 Å². The number of halogens is 1. The molecule has 1 unspecified atom stereocenters. The monoisotopic (exact) mass is 346 g/mol. The van der Waals surface area contributed by atoms with E-state index in [1.54, 1.807) is 12.1 Å². The van der Waals surface area contributed by atoms with Crippen molar-refractivity contribution in [3.63, 3.8) is 0 Å². The van der Waals surface area contributed by atoms with Crippen molar-refractivity contribution in [2.24, 2.45) is 0 Å². The Kier molecular flexibility index (Phi) is 7.07. The largest absolute Gasteiger partial charge is 0.376 e. The molecule has 1 saturated heterocycles. The molecule has 1 atom stereocenters. The highest BCUT2D eigenvalue weighted by atomic mass is 32.2. The topological polar surface area (TPSA) is 72.1 Å². The number of thioether (sulfide) groups is 1. The summed E-state index contributed by atoms with van der Waals surface area (Å²) in [6.07, 6.45) is 1.79. The molecule has 24 heavy (non-hydrogen) atoms. The second-order valence-electron chi connectivity index (χ2n) is 5.37. The van der Waals surface area contributed by atoms with Gasteiger partial charge >= 0.3 is 0 Å². The first-order valence-electron chi connectivity index (χ1n) is 7.57. The molecule has 1 aliphatic rings. The Morgan fingerprint density at radius 3 is 2.71 bits per heavy atom. The molecular weight excluding hydrogens is 327 g/mol. The lowest BCUT2D eigenvalue weighted by molar-refractivity contribution is -0.0287. The number of nitriles is 2. The summed E-state index contributed by atoms with van der Waals surface area (Å²) in [6, 6.07) is 10.3. The van der Waals surface area contributed by atoms with Gasteiger partial charge in [-0.3, -0.25) is 4.90 Å². The van der Waals surface area contributed by atoms with Crippen LogP contribution in [0.5, 0.6) is 0 Å². The van der Waals surface area contributed by atoms with E-state index in [1.807, 2.05) is 18.4 Å². The van der Waals surface area contributed by atoms with Gasteiger partial charge in [-0.05, 0) is 24.0 Å². The van der Waals surface area contributed by atoms with Crippen LogP contribution in [0.3, 0.4) is 0 Å². The van der Waals surface area contributed by atoms with Crippen LogP contribution in [0.1, 0.15) is 5.56 Å². The zero-order valence-corrected chi connectivity index (χ0v) is 14.3. The predicted molar refractivity (Wildman–Crippen MR) is 91.2 cm³/mol. The van der Waals surface area contributed by atoms with Gasteiger partial charge in [0.15, 0.2) is 5.57 Å². The standard InChI is InChI=1S/C17H19FN4OS/c1-24-17(14(8-19)9-20)21-10-16-12-22(6-7-23-16)11-13-2-4-15(18)5-3-13/h2-5,16,21H,6-7,10-12H2,1H3. The van der Waals surface area contributed by atoms with Gasteiger partial charge in [-0.15, -0.1) is 11.8 Å². The maximum absolute atomic E-state index is 13.0. The first kappa shape index (κ1) is 18.3. The first-order chi connectivity index (χ1) is 11.7. The van der Waals surface area contributed by atoms with Crippen LogP contribution in [0.15, 0.2) is 34.9 Å². The number of rotatable bonds is 6. The van der Waals surface area contributed by atoms with Crippen molar-refractivity contribution in [1.29, 1.82) is 10.5 Å². The number of morpholine rings is 1. The van der Waals surface area contributed by atoms with Crippen LogP contribution < -0.4 is 5.32 Å². The Hall–Kier alpha value is -2.06. The van der Waals surface area contributed by atoms with Crippen molar-refractivity contribution in [2.75, 3.05) is 32.5 Å². The molecule has 0 bridgehead atoms. The number of benzene rings is 1.